The lowest BCUT2D eigenvalue weighted by Gasteiger charge is -2.20. The van der Waals surface area contributed by atoms with E-state index in [1.807, 2.05) is 12.1 Å². The molecule has 13 heavy (non-hydrogen) atoms. The maximum atomic E-state index is 5.91. The van der Waals surface area contributed by atoms with Gasteiger partial charge in [-0.25, -0.2) is 0 Å². The van der Waals surface area contributed by atoms with E-state index in [1.165, 1.54) is 5.56 Å². The van der Waals surface area contributed by atoms with Gasteiger partial charge in [0.1, 0.15) is 5.75 Å². The van der Waals surface area contributed by atoms with Gasteiger partial charge in [-0.1, -0.05) is 15.9 Å². The molecule has 0 saturated heterocycles. The summed E-state index contributed by atoms with van der Waals surface area (Å²) in [6.07, 6.45) is 0. The summed E-state index contributed by atoms with van der Waals surface area (Å²) in [4.78, 5) is 0. The monoisotopic (exact) mass is 258 g/mol. The third-order valence-corrected chi connectivity index (χ3v) is 2.88. The number of hydrogen-bond donors (Lipinski definition) is 0. The van der Waals surface area contributed by atoms with E-state index in [0.29, 0.717) is 0 Å². The van der Waals surface area contributed by atoms with Crippen molar-refractivity contribution in [2.24, 2.45) is 0 Å². The highest BCUT2D eigenvalue weighted by Crippen LogP contribution is 2.24. The van der Waals surface area contributed by atoms with E-state index in [-0.39, 0.29) is 0 Å². The quantitative estimate of drug-likeness (QED) is 0.730. The van der Waals surface area contributed by atoms with Crippen molar-refractivity contribution in [3.63, 3.8) is 0 Å². The van der Waals surface area contributed by atoms with Gasteiger partial charge in [-0.15, -0.1) is 0 Å². The topological polar surface area (TPSA) is 9.23 Å². The molecule has 1 nitrogen and oxygen atoms in total. The number of rotatable bonds is 2. The average Bonchev–Trinajstić information content (AvgIpc) is 1.93. The van der Waals surface area contributed by atoms with Gasteiger partial charge < -0.3 is 4.43 Å². The van der Waals surface area contributed by atoms with E-state index < -0.39 is 8.32 Å². The van der Waals surface area contributed by atoms with Crippen LogP contribution in [0.5, 0.6) is 5.75 Å². The van der Waals surface area contributed by atoms with Gasteiger partial charge in [0.15, 0.2) is 0 Å². The van der Waals surface area contributed by atoms with Crippen LogP contribution in [-0.2, 0) is 0 Å². The molecule has 3 heteroatoms. The smallest absolute Gasteiger partial charge is 0.242 e. The van der Waals surface area contributed by atoms with E-state index in [0.717, 1.165) is 10.2 Å². The Labute approximate surface area is 89.4 Å². The van der Waals surface area contributed by atoms with Crippen LogP contribution in [0, 0.1) is 6.92 Å². The van der Waals surface area contributed by atoms with Gasteiger partial charge in [0.05, 0.1) is 0 Å². The fourth-order valence-electron chi connectivity index (χ4n) is 1.06. The summed E-state index contributed by atoms with van der Waals surface area (Å²) in [7, 11) is -1.46. The molecule has 0 spiro atoms. The molecule has 0 fully saturated rings. The summed E-state index contributed by atoms with van der Waals surface area (Å²) in [6.45, 7) is 8.64. The van der Waals surface area contributed by atoms with E-state index in [4.69, 9.17) is 4.43 Å². The predicted octanol–water partition coefficient (Wildman–Crippen LogP) is 3.97. The lowest BCUT2D eigenvalue weighted by Crippen LogP contribution is -2.29. The molecular weight excluding hydrogens is 244 g/mol. The highest BCUT2D eigenvalue weighted by Gasteiger charge is 2.16. The highest BCUT2D eigenvalue weighted by atomic mass is 79.9. The first-order chi connectivity index (χ1) is 5.88. The van der Waals surface area contributed by atoms with Crippen molar-refractivity contribution in [3.8, 4) is 5.75 Å². The average molecular weight is 259 g/mol. The zero-order chi connectivity index (χ0) is 10.1. The van der Waals surface area contributed by atoms with E-state index in [9.17, 15) is 0 Å². The summed E-state index contributed by atoms with van der Waals surface area (Å²) in [5, 5.41) is 0. The molecule has 0 aliphatic rings. The maximum absolute atomic E-state index is 5.91. The van der Waals surface area contributed by atoms with Crippen molar-refractivity contribution in [1.29, 1.82) is 0 Å². The number of aryl methyl sites for hydroxylation is 1. The molecule has 0 atom stereocenters. The lowest BCUT2D eigenvalue weighted by molar-refractivity contribution is 0.553. The van der Waals surface area contributed by atoms with Gasteiger partial charge >= 0.3 is 0 Å². The summed E-state index contributed by atoms with van der Waals surface area (Å²) < 4.78 is 7.01. The zero-order valence-corrected chi connectivity index (χ0v) is 11.1. The van der Waals surface area contributed by atoms with Crippen molar-refractivity contribution < 1.29 is 4.43 Å². The molecule has 0 amide bonds. The van der Waals surface area contributed by atoms with Crippen LogP contribution in [0.25, 0.3) is 0 Å². The molecule has 0 bridgehead atoms. The van der Waals surface area contributed by atoms with Gasteiger partial charge in [0, 0.05) is 4.47 Å². The molecule has 0 N–H and O–H groups in total. The van der Waals surface area contributed by atoms with Crippen LogP contribution < -0.4 is 4.43 Å². The van der Waals surface area contributed by atoms with Gasteiger partial charge in [0.2, 0.25) is 8.32 Å². The molecule has 1 aromatic rings. The van der Waals surface area contributed by atoms with Crippen LogP contribution >= 0.6 is 15.9 Å². The molecule has 72 valence electrons. The van der Waals surface area contributed by atoms with Crippen molar-refractivity contribution >= 4 is 24.2 Å². The third kappa shape index (κ3) is 3.52. The SMILES string of the molecule is Cc1cc(Br)ccc1O[Si](C)(C)C. The summed E-state index contributed by atoms with van der Waals surface area (Å²) in [6, 6.07) is 6.12. The van der Waals surface area contributed by atoms with Crippen LogP contribution in [0.1, 0.15) is 5.56 Å². The zero-order valence-electron chi connectivity index (χ0n) is 8.52. The normalized spacial score (nSPS) is 11.5. The molecule has 0 radical (unpaired) electrons. The minimum atomic E-state index is -1.46. The molecule has 0 aliphatic carbocycles. The van der Waals surface area contributed by atoms with E-state index in [2.05, 4.69) is 48.6 Å². The largest absolute Gasteiger partial charge is 0.544 e. The standard InChI is InChI=1S/C10H15BrOSi/c1-8-7-9(11)5-6-10(8)12-13(2,3)4/h5-7H,1-4H3. The Balaban J connectivity index is 2.90. The van der Waals surface area contributed by atoms with Crippen LogP contribution in [0.15, 0.2) is 22.7 Å². The Bertz CT molecular complexity index is 304. The minimum absolute atomic E-state index is 1.02. The fraction of sp³-hybridized carbons (Fsp3) is 0.400. The Morgan fingerprint density at radius 3 is 2.31 bits per heavy atom. The van der Waals surface area contributed by atoms with Crippen LogP contribution in [0.3, 0.4) is 0 Å². The number of halogens is 1. The van der Waals surface area contributed by atoms with Crippen molar-refractivity contribution in [1.82, 2.24) is 0 Å². The Kier molecular flexibility index (Phi) is 3.19. The van der Waals surface area contributed by atoms with Crippen LogP contribution in [-0.4, -0.2) is 8.32 Å². The molecule has 0 unspecified atom stereocenters. The number of hydrogen-bond acceptors (Lipinski definition) is 1. The van der Waals surface area contributed by atoms with Gasteiger partial charge in [-0.05, 0) is 50.3 Å². The Morgan fingerprint density at radius 2 is 1.85 bits per heavy atom. The predicted molar refractivity (Wildman–Crippen MR) is 62.9 cm³/mol. The van der Waals surface area contributed by atoms with Crippen molar-refractivity contribution in [2.45, 2.75) is 26.6 Å². The third-order valence-electron chi connectivity index (χ3n) is 1.55. The first-order valence-corrected chi connectivity index (χ1v) is 8.54. The van der Waals surface area contributed by atoms with Crippen molar-refractivity contribution in [3.05, 3.63) is 28.2 Å². The van der Waals surface area contributed by atoms with Crippen molar-refractivity contribution in [2.75, 3.05) is 0 Å². The van der Waals surface area contributed by atoms with Gasteiger partial charge in [0.25, 0.3) is 0 Å². The lowest BCUT2D eigenvalue weighted by atomic mass is 10.2. The van der Waals surface area contributed by atoms with Crippen LogP contribution in [0.4, 0.5) is 0 Å². The Morgan fingerprint density at radius 1 is 1.23 bits per heavy atom. The maximum Gasteiger partial charge on any atom is 0.242 e. The minimum Gasteiger partial charge on any atom is -0.544 e. The van der Waals surface area contributed by atoms with Gasteiger partial charge in [-0.2, -0.15) is 0 Å². The molecule has 0 saturated carbocycles. The molecule has 1 rings (SSSR count). The second-order valence-corrected chi connectivity index (χ2v) is 9.47. The molecule has 0 aromatic heterocycles. The first-order valence-electron chi connectivity index (χ1n) is 4.34. The highest BCUT2D eigenvalue weighted by molar-refractivity contribution is 9.10. The molecular formula is C10H15BrOSi. The molecule has 0 aliphatic heterocycles. The summed E-state index contributed by atoms with van der Waals surface area (Å²) in [5.41, 5.74) is 1.19. The van der Waals surface area contributed by atoms with E-state index >= 15 is 0 Å². The molecule has 1 aromatic carbocycles. The van der Waals surface area contributed by atoms with Gasteiger partial charge in [-0.3, -0.25) is 0 Å². The number of benzene rings is 1. The fourth-order valence-corrected chi connectivity index (χ4v) is 2.42. The Hall–Kier alpha value is -0.283. The summed E-state index contributed by atoms with van der Waals surface area (Å²) in [5.74, 6) is 1.02. The second-order valence-electron chi connectivity index (χ2n) is 4.12. The first kappa shape index (κ1) is 10.8. The molecule has 0 heterocycles. The van der Waals surface area contributed by atoms with Crippen LogP contribution in [0.2, 0.25) is 19.6 Å². The van der Waals surface area contributed by atoms with E-state index in [1.54, 1.807) is 0 Å². The summed E-state index contributed by atoms with van der Waals surface area (Å²) >= 11 is 3.43. The second kappa shape index (κ2) is 3.84.